The number of carbonyl (C=O) groups excluding carboxylic acids is 2. The van der Waals surface area contributed by atoms with Crippen LogP contribution in [0.5, 0.6) is 11.5 Å². The number of nitrogens with one attached hydrogen (secondary N) is 1. The fourth-order valence-corrected chi connectivity index (χ4v) is 4.64. The number of carbonyl (C=O) groups is 2. The van der Waals surface area contributed by atoms with Crippen LogP contribution in [0, 0.1) is 13.8 Å². The van der Waals surface area contributed by atoms with Crippen LogP contribution in [0.4, 0.5) is 0 Å². The second-order valence-corrected chi connectivity index (χ2v) is 8.75. The Kier molecular flexibility index (Phi) is 5.78. The van der Waals surface area contributed by atoms with Gasteiger partial charge in [-0.15, -0.1) is 0 Å². The zero-order valence-electron chi connectivity index (χ0n) is 16.6. The van der Waals surface area contributed by atoms with Gasteiger partial charge in [0.1, 0.15) is 4.32 Å². The Morgan fingerprint density at radius 2 is 1.90 bits per heavy atom. The van der Waals surface area contributed by atoms with Crippen molar-refractivity contribution in [3.63, 3.8) is 0 Å². The van der Waals surface area contributed by atoms with Crippen molar-refractivity contribution in [2.24, 2.45) is 0 Å². The summed E-state index contributed by atoms with van der Waals surface area (Å²) in [5, 5.41) is 2.86. The van der Waals surface area contributed by atoms with Gasteiger partial charge < -0.3 is 14.8 Å². The number of rotatable bonds is 5. The number of thiocarbonyl (C=S) groups is 1. The highest BCUT2D eigenvalue weighted by atomic mass is 32.2. The molecule has 0 atom stereocenters. The molecule has 2 aliphatic heterocycles. The molecule has 4 rings (SSSR count). The summed E-state index contributed by atoms with van der Waals surface area (Å²) in [6, 6.07) is 11.2. The summed E-state index contributed by atoms with van der Waals surface area (Å²) in [5.74, 6) is 1.03. The van der Waals surface area contributed by atoms with Crippen LogP contribution >= 0.6 is 24.0 Å². The molecule has 0 saturated carbocycles. The molecule has 0 bridgehead atoms. The zero-order chi connectivity index (χ0) is 21.3. The number of hydrogen-bond donors (Lipinski definition) is 1. The van der Waals surface area contributed by atoms with Gasteiger partial charge in [-0.25, -0.2) is 0 Å². The molecule has 154 valence electrons. The molecule has 2 aliphatic rings. The highest BCUT2D eigenvalue weighted by Crippen LogP contribution is 2.36. The summed E-state index contributed by atoms with van der Waals surface area (Å²) in [5.41, 5.74) is 3.51. The van der Waals surface area contributed by atoms with E-state index in [4.69, 9.17) is 21.7 Å². The number of fused-ring (bicyclic) bond motifs is 1. The Bertz CT molecular complexity index is 1060. The van der Waals surface area contributed by atoms with Gasteiger partial charge in [-0.1, -0.05) is 47.2 Å². The molecule has 30 heavy (non-hydrogen) atoms. The van der Waals surface area contributed by atoms with Crippen LogP contribution < -0.4 is 14.8 Å². The van der Waals surface area contributed by atoms with Gasteiger partial charge in [-0.3, -0.25) is 14.5 Å². The average molecular weight is 441 g/mol. The third kappa shape index (κ3) is 4.34. The van der Waals surface area contributed by atoms with E-state index in [9.17, 15) is 9.59 Å². The monoisotopic (exact) mass is 440 g/mol. The van der Waals surface area contributed by atoms with Gasteiger partial charge in [0.15, 0.2) is 11.5 Å². The fraction of sp³-hybridized carbons (Fsp3) is 0.227. The van der Waals surface area contributed by atoms with E-state index in [1.54, 1.807) is 6.08 Å². The van der Waals surface area contributed by atoms with E-state index >= 15 is 0 Å². The smallest absolute Gasteiger partial charge is 0.266 e. The topological polar surface area (TPSA) is 67.9 Å². The maximum atomic E-state index is 12.8. The van der Waals surface area contributed by atoms with Gasteiger partial charge in [0, 0.05) is 18.7 Å². The molecule has 0 unspecified atom stereocenters. The minimum atomic E-state index is -0.164. The molecule has 8 heteroatoms. The van der Waals surface area contributed by atoms with Crippen molar-refractivity contribution in [2.75, 3.05) is 19.9 Å². The molecule has 2 aromatic carbocycles. The van der Waals surface area contributed by atoms with E-state index in [0.29, 0.717) is 39.4 Å². The van der Waals surface area contributed by atoms with Gasteiger partial charge >= 0.3 is 0 Å². The molecule has 0 radical (unpaired) electrons. The summed E-state index contributed by atoms with van der Waals surface area (Å²) in [6.07, 6.45) is 1.79. The molecule has 2 amide bonds. The number of hydrogen-bond acceptors (Lipinski definition) is 6. The standard InChI is InChI=1S/C22H20N2O4S2/c1-13-7-14(2)9-16(8-13)20(25)23-5-6-24-21(26)19(30-22(24)29)11-15-3-4-17-18(10-15)28-12-27-17/h3-4,7-11H,5-6,12H2,1-2H3,(H,23,25)/b19-11+. The maximum Gasteiger partial charge on any atom is 0.266 e. The summed E-state index contributed by atoms with van der Waals surface area (Å²) in [6.45, 7) is 4.75. The van der Waals surface area contributed by atoms with Crippen LogP contribution in [-0.2, 0) is 4.79 Å². The number of ether oxygens (including phenoxy) is 2. The summed E-state index contributed by atoms with van der Waals surface area (Å²) in [4.78, 5) is 27.2. The van der Waals surface area contributed by atoms with Gasteiger partial charge in [0.25, 0.3) is 11.8 Å². The molecular weight excluding hydrogens is 420 g/mol. The summed E-state index contributed by atoms with van der Waals surface area (Å²) >= 11 is 6.62. The maximum absolute atomic E-state index is 12.8. The van der Waals surface area contributed by atoms with E-state index in [1.165, 1.54) is 16.7 Å². The second-order valence-electron chi connectivity index (χ2n) is 7.08. The largest absolute Gasteiger partial charge is 0.454 e. The minimum Gasteiger partial charge on any atom is -0.454 e. The zero-order valence-corrected chi connectivity index (χ0v) is 18.2. The molecule has 1 N–H and O–H groups in total. The van der Waals surface area contributed by atoms with Crippen molar-refractivity contribution in [1.82, 2.24) is 10.2 Å². The van der Waals surface area contributed by atoms with Crippen molar-refractivity contribution in [1.29, 1.82) is 0 Å². The number of thioether (sulfide) groups is 1. The lowest BCUT2D eigenvalue weighted by atomic mass is 10.1. The van der Waals surface area contributed by atoms with E-state index in [-0.39, 0.29) is 18.6 Å². The van der Waals surface area contributed by atoms with E-state index in [0.717, 1.165) is 16.7 Å². The quantitative estimate of drug-likeness (QED) is 0.565. The Hall–Kier alpha value is -2.84. The number of amides is 2. The Morgan fingerprint density at radius 3 is 2.67 bits per heavy atom. The van der Waals surface area contributed by atoms with Crippen LogP contribution in [0.15, 0.2) is 41.3 Å². The van der Waals surface area contributed by atoms with Crippen LogP contribution in [0.2, 0.25) is 0 Å². The second kappa shape index (κ2) is 8.49. The van der Waals surface area contributed by atoms with Gasteiger partial charge in [-0.05, 0) is 49.8 Å². The molecule has 0 spiro atoms. The van der Waals surface area contributed by atoms with Crippen molar-refractivity contribution in [2.45, 2.75) is 13.8 Å². The molecular formula is C22H20N2O4S2. The molecule has 2 aromatic rings. The van der Waals surface area contributed by atoms with Gasteiger partial charge in [0.05, 0.1) is 4.91 Å². The van der Waals surface area contributed by atoms with Crippen LogP contribution in [-0.4, -0.2) is 40.9 Å². The lowest BCUT2D eigenvalue weighted by molar-refractivity contribution is -0.122. The normalized spacial score (nSPS) is 16.5. The van der Waals surface area contributed by atoms with Gasteiger partial charge in [-0.2, -0.15) is 0 Å². The average Bonchev–Trinajstić information content (AvgIpc) is 3.26. The SMILES string of the molecule is Cc1cc(C)cc(C(=O)NCCN2C(=O)/C(=C\c3ccc4c(c3)OCO4)SC2=S)c1. The van der Waals surface area contributed by atoms with Crippen LogP contribution in [0.1, 0.15) is 27.0 Å². The van der Waals surface area contributed by atoms with Crippen molar-refractivity contribution in [3.8, 4) is 11.5 Å². The summed E-state index contributed by atoms with van der Waals surface area (Å²) < 4.78 is 11.2. The van der Waals surface area contributed by atoms with E-state index < -0.39 is 0 Å². The third-order valence-electron chi connectivity index (χ3n) is 4.67. The predicted molar refractivity (Wildman–Crippen MR) is 121 cm³/mol. The van der Waals surface area contributed by atoms with Crippen molar-refractivity contribution >= 4 is 46.2 Å². The highest BCUT2D eigenvalue weighted by molar-refractivity contribution is 8.26. The first-order valence-corrected chi connectivity index (χ1v) is 10.6. The van der Waals surface area contributed by atoms with E-state index in [2.05, 4.69) is 5.32 Å². The van der Waals surface area contributed by atoms with Crippen LogP contribution in [0.3, 0.4) is 0 Å². The molecule has 6 nitrogen and oxygen atoms in total. The third-order valence-corrected chi connectivity index (χ3v) is 6.05. The molecule has 1 fully saturated rings. The number of nitrogens with zero attached hydrogens (tertiary/aromatic N) is 1. The van der Waals surface area contributed by atoms with E-state index in [1.807, 2.05) is 50.2 Å². The number of benzene rings is 2. The van der Waals surface area contributed by atoms with Crippen molar-refractivity contribution < 1.29 is 19.1 Å². The molecule has 0 aliphatic carbocycles. The highest BCUT2D eigenvalue weighted by Gasteiger charge is 2.31. The first-order valence-electron chi connectivity index (χ1n) is 9.42. The first-order chi connectivity index (χ1) is 14.4. The predicted octanol–water partition coefficient (Wildman–Crippen LogP) is 3.66. The number of aryl methyl sites for hydroxylation is 2. The fourth-order valence-electron chi connectivity index (χ4n) is 3.34. The lowest BCUT2D eigenvalue weighted by Gasteiger charge is -2.15. The summed E-state index contributed by atoms with van der Waals surface area (Å²) in [7, 11) is 0. The first kappa shape index (κ1) is 20.4. The van der Waals surface area contributed by atoms with Gasteiger partial charge in [0.2, 0.25) is 6.79 Å². The lowest BCUT2D eigenvalue weighted by Crippen LogP contribution is -2.37. The van der Waals surface area contributed by atoms with Crippen LogP contribution in [0.25, 0.3) is 6.08 Å². The molecule has 2 heterocycles. The molecule has 0 aromatic heterocycles. The Morgan fingerprint density at radius 1 is 1.17 bits per heavy atom. The Labute approximate surface area is 184 Å². The minimum absolute atomic E-state index is 0.164. The Balaban J connectivity index is 1.38. The van der Waals surface area contributed by atoms with Crippen molar-refractivity contribution in [3.05, 3.63) is 63.6 Å². The molecule has 1 saturated heterocycles.